The van der Waals surface area contributed by atoms with Gasteiger partial charge in [-0.2, -0.15) is 28.7 Å². The van der Waals surface area contributed by atoms with E-state index in [1.165, 1.54) is 31.6 Å². The van der Waals surface area contributed by atoms with Crippen LogP contribution in [0.1, 0.15) is 25.0 Å². The van der Waals surface area contributed by atoms with Crippen molar-refractivity contribution in [1.29, 1.82) is 0 Å². The van der Waals surface area contributed by atoms with Crippen LogP contribution in [0.4, 0.5) is 9.59 Å². The first-order valence-corrected chi connectivity index (χ1v) is 13.6. The van der Waals surface area contributed by atoms with E-state index in [9.17, 15) is 18.0 Å². The van der Waals surface area contributed by atoms with Crippen molar-refractivity contribution >= 4 is 45.3 Å². The van der Waals surface area contributed by atoms with E-state index in [4.69, 9.17) is 19.0 Å². The molecule has 6 rings (SSSR count). The number of hydroxylamine groups is 4. The Kier molecular flexibility index (Phi) is 6.27. The number of oxime groups is 2. The lowest BCUT2D eigenvalue weighted by Gasteiger charge is -2.22. The van der Waals surface area contributed by atoms with Gasteiger partial charge in [0, 0.05) is 36.6 Å². The van der Waals surface area contributed by atoms with Gasteiger partial charge in [-0.25, -0.2) is 19.0 Å². The molecule has 0 radical (unpaired) electrons. The van der Waals surface area contributed by atoms with Crippen LogP contribution in [-0.4, -0.2) is 120 Å². The highest BCUT2D eigenvalue weighted by atomic mass is 32.3. The van der Waals surface area contributed by atoms with E-state index >= 15 is 0 Å². The SMILES string of the molecule is C/C(=N\O)c1cnn(C2=CC3CN(C2)C(=O)N3OS(=O)(=O)ON2C(=O)N3CC(n4cc(/C(C)=N/O)cn4)=CC2C3)c1. The Balaban J connectivity index is 1.17. The van der Waals surface area contributed by atoms with Crippen molar-refractivity contribution in [1.82, 2.24) is 39.5 Å². The quantitative estimate of drug-likeness (QED) is 0.244. The summed E-state index contributed by atoms with van der Waals surface area (Å²) in [5, 5.41) is 34.0. The highest BCUT2D eigenvalue weighted by Gasteiger charge is 2.47. The average molecular weight is 589 g/mol. The summed E-state index contributed by atoms with van der Waals surface area (Å²) in [4.78, 5) is 28.6. The van der Waals surface area contributed by atoms with Gasteiger partial charge in [0.15, 0.2) is 0 Å². The molecule has 0 aromatic carbocycles. The number of urea groups is 2. The number of fused-ring (bicyclic) bond motifs is 4. The maximum Gasteiger partial charge on any atom is 0.442 e. The second kappa shape index (κ2) is 9.71. The molecule has 6 heterocycles. The molecule has 4 amide bonds. The first kappa shape index (κ1) is 26.5. The van der Waals surface area contributed by atoms with Gasteiger partial charge < -0.3 is 20.2 Å². The number of hydrogen-bond donors (Lipinski definition) is 2. The topological polar surface area (TPSA) is 201 Å². The Morgan fingerprint density at radius 3 is 1.63 bits per heavy atom. The van der Waals surface area contributed by atoms with Crippen molar-refractivity contribution in [3.8, 4) is 0 Å². The second-order valence-corrected chi connectivity index (χ2v) is 10.8. The molecule has 0 aliphatic carbocycles. The lowest BCUT2D eigenvalue weighted by Crippen LogP contribution is -2.40. The summed E-state index contributed by atoms with van der Waals surface area (Å²) in [7, 11) is -4.91. The summed E-state index contributed by atoms with van der Waals surface area (Å²) in [5.41, 5.74) is 2.97. The summed E-state index contributed by atoms with van der Waals surface area (Å²) in [6, 6.07) is -2.98. The number of nitrogens with zero attached hydrogens (tertiary/aromatic N) is 10. The summed E-state index contributed by atoms with van der Waals surface area (Å²) in [6.07, 6.45) is 9.48. The van der Waals surface area contributed by atoms with Crippen LogP contribution in [0.25, 0.3) is 11.4 Å². The molecule has 0 saturated carbocycles. The van der Waals surface area contributed by atoms with Crippen LogP contribution in [0.5, 0.6) is 0 Å². The maximum atomic E-state index is 12.9. The standard InChI is InChI=1S/C22H24N10O8S/c1-13(25-35)15-5-23-29(7-15)17-3-19-11-27(9-17)21(33)31(19)39-41(37,38)40-32-20-4-18(10-28(12-20)22(32)34)30-8-16(6-24-30)14(2)26-36/h3-8,19-20,35-36H,9-12H2,1-2H3/b25-13+,26-14+. The number of carbonyl (C=O) groups excluding carboxylic acids is 2. The zero-order chi connectivity index (χ0) is 29.1. The number of aromatic nitrogens is 4. The molecule has 2 fully saturated rings. The molecule has 2 saturated heterocycles. The van der Waals surface area contributed by atoms with Crippen molar-refractivity contribution in [3.63, 3.8) is 0 Å². The van der Waals surface area contributed by atoms with E-state index in [0.717, 1.165) is 0 Å². The van der Waals surface area contributed by atoms with Crippen LogP contribution in [0.15, 0.2) is 47.3 Å². The zero-order valence-electron chi connectivity index (χ0n) is 21.7. The normalized spacial score (nSPS) is 23.1. The van der Waals surface area contributed by atoms with Gasteiger partial charge in [-0.3, -0.25) is 0 Å². The summed E-state index contributed by atoms with van der Waals surface area (Å²) < 4.78 is 38.9. The fourth-order valence-electron chi connectivity index (χ4n) is 4.90. The molecule has 2 unspecified atom stereocenters. The minimum atomic E-state index is -4.91. The molecule has 216 valence electrons. The molecule has 2 aromatic heterocycles. The molecule has 2 N–H and O–H groups in total. The number of carbonyl (C=O) groups is 2. The van der Waals surface area contributed by atoms with Crippen molar-refractivity contribution in [2.24, 2.45) is 10.3 Å². The molecule has 41 heavy (non-hydrogen) atoms. The largest absolute Gasteiger partial charge is 0.442 e. The Bertz CT molecular complexity index is 1540. The fourth-order valence-corrected chi connectivity index (χ4v) is 5.66. The van der Waals surface area contributed by atoms with Gasteiger partial charge >= 0.3 is 22.5 Å². The van der Waals surface area contributed by atoms with Gasteiger partial charge in [0.2, 0.25) is 0 Å². The molecule has 2 atom stereocenters. The maximum absolute atomic E-state index is 12.9. The average Bonchev–Trinajstić information content (AvgIpc) is 3.74. The monoisotopic (exact) mass is 588 g/mol. The molecular weight excluding hydrogens is 564 g/mol. The lowest BCUT2D eigenvalue weighted by molar-refractivity contribution is -0.0723. The highest BCUT2D eigenvalue weighted by Crippen LogP contribution is 2.31. The van der Waals surface area contributed by atoms with Gasteiger partial charge in [0.1, 0.15) is 12.1 Å². The van der Waals surface area contributed by atoms with Crippen molar-refractivity contribution in [2.45, 2.75) is 25.9 Å². The van der Waals surface area contributed by atoms with Crippen LogP contribution in [0.3, 0.4) is 0 Å². The van der Waals surface area contributed by atoms with Crippen molar-refractivity contribution in [2.75, 3.05) is 26.2 Å². The Labute approximate surface area is 232 Å². The van der Waals surface area contributed by atoms with E-state index < -0.39 is 34.5 Å². The third-order valence-corrected chi connectivity index (χ3v) is 7.73. The molecule has 4 bridgehead atoms. The van der Waals surface area contributed by atoms with Crippen LogP contribution in [0.2, 0.25) is 0 Å². The van der Waals surface area contributed by atoms with Crippen molar-refractivity contribution < 1.29 is 37.0 Å². The first-order valence-electron chi connectivity index (χ1n) is 12.3. The van der Waals surface area contributed by atoms with E-state index in [2.05, 4.69) is 20.5 Å². The number of amides is 4. The Morgan fingerprint density at radius 2 is 1.24 bits per heavy atom. The van der Waals surface area contributed by atoms with Crippen LogP contribution in [-0.2, 0) is 19.0 Å². The third kappa shape index (κ3) is 4.68. The van der Waals surface area contributed by atoms with Crippen LogP contribution < -0.4 is 0 Å². The molecule has 2 aromatic rings. The fraction of sp³-hybridized carbons (Fsp3) is 0.364. The summed E-state index contributed by atoms with van der Waals surface area (Å²) >= 11 is 0. The lowest BCUT2D eigenvalue weighted by atomic mass is 10.2. The molecule has 19 heteroatoms. The Hall–Kier alpha value is -4.75. The van der Waals surface area contributed by atoms with E-state index in [-0.39, 0.29) is 26.2 Å². The van der Waals surface area contributed by atoms with Gasteiger partial charge in [0.25, 0.3) is 0 Å². The molecule has 0 spiro atoms. The molecule has 4 aliphatic rings. The number of rotatable bonds is 8. The predicted octanol–water partition coefficient (Wildman–Crippen LogP) is 0.206. The number of hydrogen-bond acceptors (Lipinski definition) is 12. The third-order valence-electron chi connectivity index (χ3n) is 7.04. The molecular formula is C22H24N10O8S. The first-order chi connectivity index (χ1) is 19.6. The van der Waals surface area contributed by atoms with Gasteiger partial charge in [-0.05, 0) is 26.0 Å². The summed E-state index contributed by atoms with van der Waals surface area (Å²) in [5.74, 6) is 0. The Morgan fingerprint density at radius 1 is 0.829 bits per heavy atom. The van der Waals surface area contributed by atoms with Crippen LogP contribution >= 0.6 is 0 Å². The molecule has 4 aliphatic heterocycles. The van der Waals surface area contributed by atoms with E-state index in [1.807, 2.05) is 0 Å². The summed E-state index contributed by atoms with van der Waals surface area (Å²) in [6.45, 7) is 3.79. The van der Waals surface area contributed by atoms with Gasteiger partial charge in [0.05, 0.1) is 48.3 Å². The van der Waals surface area contributed by atoms with E-state index in [0.29, 0.717) is 44.1 Å². The predicted molar refractivity (Wildman–Crippen MR) is 137 cm³/mol. The second-order valence-electron chi connectivity index (χ2n) is 9.70. The van der Waals surface area contributed by atoms with E-state index in [1.54, 1.807) is 38.4 Å². The molecule has 18 nitrogen and oxygen atoms in total. The minimum absolute atomic E-state index is 0.126. The minimum Gasteiger partial charge on any atom is -0.411 e. The zero-order valence-corrected chi connectivity index (χ0v) is 22.5. The smallest absolute Gasteiger partial charge is 0.411 e. The van der Waals surface area contributed by atoms with Crippen molar-refractivity contribution in [3.05, 3.63) is 48.1 Å². The highest BCUT2D eigenvalue weighted by molar-refractivity contribution is 7.81. The van der Waals surface area contributed by atoms with Crippen LogP contribution in [0, 0.1) is 0 Å². The van der Waals surface area contributed by atoms with Gasteiger partial charge in [-0.1, -0.05) is 10.3 Å². The van der Waals surface area contributed by atoms with Gasteiger partial charge in [-0.15, -0.1) is 8.57 Å².